The first-order valence-corrected chi connectivity index (χ1v) is 6.73. The smallest absolute Gasteiger partial charge is 0.306 e. The lowest BCUT2D eigenvalue weighted by molar-refractivity contribution is -0.143. The third-order valence-electron chi connectivity index (χ3n) is 3.81. The minimum Gasteiger partial charge on any atom is -0.481 e. The minimum atomic E-state index is -0.716. The Morgan fingerprint density at radius 3 is 2.33 bits per heavy atom. The predicted octanol–water partition coefficient (Wildman–Crippen LogP) is 1.09. The van der Waals surface area contributed by atoms with Gasteiger partial charge in [0.25, 0.3) is 0 Å². The van der Waals surface area contributed by atoms with Gasteiger partial charge in [0.2, 0.25) is 5.91 Å². The second-order valence-corrected chi connectivity index (χ2v) is 5.14. The van der Waals surface area contributed by atoms with E-state index < -0.39 is 5.97 Å². The maximum Gasteiger partial charge on any atom is 0.306 e. The number of hydrogen-bond donors (Lipinski definition) is 2. The van der Waals surface area contributed by atoms with Crippen molar-refractivity contribution in [2.75, 3.05) is 13.1 Å². The molecule has 104 valence electrons. The molecule has 0 saturated carbocycles. The van der Waals surface area contributed by atoms with Crippen molar-refractivity contribution in [3.05, 3.63) is 0 Å². The van der Waals surface area contributed by atoms with Crippen LogP contribution in [-0.2, 0) is 9.59 Å². The standard InChI is InChI=1S/C13H24N2O3/c1-4-9(2)14-12(16)10(3)15-7-5-11(6-8-15)13(17)18/h9-11H,4-8H2,1-3H3,(H,14,16)(H,17,18). The monoisotopic (exact) mass is 256 g/mol. The maximum absolute atomic E-state index is 12.0. The summed E-state index contributed by atoms with van der Waals surface area (Å²) in [4.78, 5) is 24.9. The molecule has 0 radical (unpaired) electrons. The van der Waals surface area contributed by atoms with Crippen molar-refractivity contribution in [1.82, 2.24) is 10.2 Å². The lowest BCUT2D eigenvalue weighted by Gasteiger charge is -2.34. The van der Waals surface area contributed by atoms with Crippen molar-refractivity contribution in [2.45, 2.75) is 52.1 Å². The van der Waals surface area contributed by atoms with Gasteiger partial charge in [0.05, 0.1) is 12.0 Å². The molecule has 5 heteroatoms. The van der Waals surface area contributed by atoms with Crippen LogP contribution in [-0.4, -0.2) is 47.1 Å². The number of piperidine rings is 1. The minimum absolute atomic E-state index is 0.0399. The molecule has 0 aromatic carbocycles. The highest BCUT2D eigenvalue weighted by atomic mass is 16.4. The van der Waals surface area contributed by atoms with E-state index in [2.05, 4.69) is 10.2 Å². The summed E-state index contributed by atoms with van der Waals surface area (Å²) >= 11 is 0. The van der Waals surface area contributed by atoms with Gasteiger partial charge in [0.15, 0.2) is 0 Å². The Hall–Kier alpha value is -1.10. The SMILES string of the molecule is CCC(C)NC(=O)C(C)N1CCC(C(=O)O)CC1. The zero-order valence-electron chi connectivity index (χ0n) is 11.5. The number of hydrogen-bond acceptors (Lipinski definition) is 3. The number of rotatable bonds is 5. The van der Waals surface area contributed by atoms with Gasteiger partial charge in [-0.05, 0) is 46.2 Å². The number of carboxylic acids is 1. The number of likely N-dealkylation sites (tertiary alicyclic amines) is 1. The number of carbonyl (C=O) groups is 2. The zero-order valence-corrected chi connectivity index (χ0v) is 11.5. The fourth-order valence-corrected chi connectivity index (χ4v) is 2.17. The van der Waals surface area contributed by atoms with Gasteiger partial charge in [0.1, 0.15) is 0 Å². The number of nitrogens with zero attached hydrogens (tertiary/aromatic N) is 1. The van der Waals surface area contributed by atoms with Crippen LogP contribution in [0.4, 0.5) is 0 Å². The molecule has 0 aliphatic carbocycles. The number of aliphatic carboxylic acids is 1. The highest BCUT2D eigenvalue weighted by molar-refractivity contribution is 5.81. The molecule has 5 nitrogen and oxygen atoms in total. The van der Waals surface area contributed by atoms with E-state index in [4.69, 9.17) is 5.11 Å². The van der Waals surface area contributed by atoms with Crippen LogP contribution < -0.4 is 5.32 Å². The predicted molar refractivity (Wildman–Crippen MR) is 69.3 cm³/mol. The Balaban J connectivity index is 2.42. The second kappa shape index (κ2) is 6.73. The van der Waals surface area contributed by atoms with Gasteiger partial charge in [-0.2, -0.15) is 0 Å². The first-order valence-electron chi connectivity index (χ1n) is 6.73. The molecule has 1 heterocycles. The summed E-state index contributed by atoms with van der Waals surface area (Å²) in [5, 5.41) is 11.9. The van der Waals surface area contributed by atoms with E-state index in [0.29, 0.717) is 25.9 Å². The van der Waals surface area contributed by atoms with Crippen molar-refractivity contribution < 1.29 is 14.7 Å². The van der Waals surface area contributed by atoms with E-state index in [1.165, 1.54) is 0 Å². The highest BCUT2D eigenvalue weighted by Gasteiger charge is 2.29. The topological polar surface area (TPSA) is 69.6 Å². The van der Waals surface area contributed by atoms with Gasteiger partial charge in [-0.25, -0.2) is 0 Å². The molecule has 1 rings (SSSR count). The highest BCUT2D eigenvalue weighted by Crippen LogP contribution is 2.19. The molecule has 1 aliphatic rings. The van der Waals surface area contributed by atoms with Gasteiger partial charge in [0, 0.05) is 6.04 Å². The van der Waals surface area contributed by atoms with E-state index in [-0.39, 0.29) is 23.9 Å². The van der Waals surface area contributed by atoms with Gasteiger partial charge in [-0.3, -0.25) is 14.5 Å². The molecule has 2 unspecified atom stereocenters. The van der Waals surface area contributed by atoms with Gasteiger partial charge in [-0.15, -0.1) is 0 Å². The van der Waals surface area contributed by atoms with E-state index in [9.17, 15) is 9.59 Å². The van der Waals surface area contributed by atoms with Crippen LogP contribution in [0.5, 0.6) is 0 Å². The van der Waals surface area contributed by atoms with Crippen molar-refractivity contribution in [3.63, 3.8) is 0 Å². The van der Waals surface area contributed by atoms with Crippen LogP contribution in [0.1, 0.15) is 40.0 Å². The molecule has 2 atom stereocenters. The Bertz CT molecular complexity index is 299. The first-order chi connectivity index (χ1) is 8.45. The van der Waals surface area contributed by atoms with E-state index in [1.807, 2.05) is 20.8 Å². The summed E-state index contributed by atoms with van der Waals surface area (Å²) in [7, 11) is 0. The third kappa shape index (κ3) is 3.98. The van der Waals surface area contributed by atoms with Crippen LogP contribution in [0.3, 0.4) is 0 Å². The Kier molecular flexibility index (Phi) is 5.59. The molecule has 0 bridgehead atoms. The summed E-state index contributed by atoms with van der Waals surface area (Å²) in [5.74, 6) is -0.921. The number of carbonyl (C=O) groups excluding carboxylic acids is 1. The molecule has 18 heavy (non-hydrogen) atoms. The van der Waals surface area contributed by atoms with Gasteiger partial charge in [-0.1, -0.05) is 6.92 Å². The first kappa shape index (κ1) is 15.0. The van der Waals surface area contributed by atoms with Crippen molar-refractivity contribution >= 4 is 11.9 Å². The van der Waals surface area contributed by atoms with Crippen LogP contribution in [0.25, 0.3) is 0 Å². The molecule has 1 amide bonds. The molecule has 0 aromatic rings. The van der Waals surface area contributed by atoms with Crippen LogP contribution >= 0.6 is 0 Å². The van der Waals surface area contributed by atoms with Crippen LogP contribution in [0, 0.1) is 5.92 Å². The van der Waals surface area contributed by atoms with Crippen LogP contribution in [0.15, 0.2) is 0 Å². The molecule has 0 spiro atoms. The summed E-state index contributed by atoms with van der Waals surface area (Å²) < 4.78 is 0. The molecule has 1 saturated heterocycles. The molecular weight excluding hydrogens is 232 g/mol. The lowest BCUT2D eigenvalue weighted by atomic mass is 9.96. The fraction of sp³-hybridized carbons (Fsp3) is 0.846. The normalized spacial score (nSPS) is 21.3. The summed E-state index contributed by atoms with van der Waals surface area (Å²) in [5.41, 5.74) is 0. The Morgan fingerprint density at radius 1 is 1.33 bits per heavy atom. The summed E-state index contributed by atoms with van der Waals surface area (Å²) in [6, 6.07) is 0.0188. The Labute approximate surface area is 109 Å². The quantitative estimate of drug-likeness (QED) is 0.772. The summed E-state index contributed by atoms with van der Waals surface area (Å²) in [6.45, 7) is 7.28. The van der Waals surface area contributed by atoms with Crippen molar-refractivity contribution in [1.29, 1.82) is 0 Å². The van der Waals surface area contributed by atoms with Gasteiger partial charge >= 0.3 is 5.97 Å². The summed E-state index contributed by atoms with van der Waals surface area (Å²) in [6.07, 6.45) is 2.19. The number of nitrogens with one attached hydrogen (secondary N) is 1. The van der Waals surface area contributed by atoms with Crippen LogP contribution in [0.2, 0.25) is 0 Å². The van der Waals surface area contributed by atoms with Crippen molar-refractivity contribution in [3.8, 4) is 0 Å². The average Bonchev–Trinajstić information content (AvgIpc) is 2.37. The third-order valence-corrected chi connectivity index (χ3v) is 3.81. The van der Waals surface area contributed by atoms with E-state index >= 15 is 0 Å². The lowest BCUT2D eigenvalue weighted by Crippen LogP contribution is -2.50. The van der Waals surface area contributed by atoms with Crippen molar-refractivity contribution in [2.24, 2.45) is 5.92 Å². The van der Waals surface area contributed by atoms with E-state index in [1.54, 1.807) is 0 Å². The number of amides is 1. The second-order valence-electron chi connectivity index (χ2n) is 5.14. The molecule has 2 N–H and O–H groups in total. The molecular formula is C13H24N2O3. The fourth-order valence-electron chi connectivity index (χ4n) is 2.17. The molecule has 1 aliphatic heterocycles. The molecule has 1 fully saturated rings. The molecule has 0 aromatic heterocycles. The van der Waals surface area contributed by atoms with Gasteiger partial charge < -0.3 is 10.4 Å². The Morgan fingerprint density at radius 2 is 1.89 bits per heavy atom. The maximum atomic E-state index is 12.0. The average molecular weight is 256 g/mol. The largest absolute Gasteiger partial charge is 0.481 e. The number of carboxylic acid groups (broad SMARTS) is 1. The zero-order chi connectivity index (χ0) is 13.7. The van der Waals surface area contributed by atoms with E-state index in [0.717, 1.165) is 6.42 Å².